The lowest BCUT2D eigenvalue weighted by Gasteiger charge is -2.14. The van der Waals surface area contributed by atoms with Crippen molar-refractivity contribution in [1.82, 2.24) is 9.97 Å². The van der Waals surface area contributed by atoms with Crippen LogP contribution in [0.2, 0.25) is 0 Å². The molecule has 0 spiro atoms. The number of hydrogen-bond acceptors (Lipinski definition) is 3. The fourth-order valence-electron chi connectivity index (χ4n) is 3.59. The molecule has 4 heteroatoms. The first-order valence-corrected chi connectivity index (χ1v) is 9.90. The highest BCUT2D eigenvalue weighted by Gasteiger charge is 2.09. The number of benzene rings is 3. The van der Waals surface area contributed by atoms with E-state index in [4.69, 9.17) is 4.74 Å². The predicted octanol–water partition coefficient (Wildman–Crippen LogP) is 6.55. The second kappa shape index (κ2) is 8.13. The molecule has 5 rings (SSSR count). The number of H-pyrrole nitrogens is 1. The number of ether oxygens (including phenoxy) is 1. The van der Waals surface area contributed by atoms with Crippen LogP contribution in [0.25, 0.3) is 22.0 Å². The highest BCUT2D eigenvalue weighted by atomic mass is 16.5. The van der Waals surface area contributed by atoms with Crippen LogP contribution in [0.3, 0.4) is 0 Å². The number of aromatic amines is 1. The maximum atomic E-state index is 6.16. The van der Waals surface area contributed by atoms with E-state index in [0.29, 0.717) is 6.61 Å². The van der Waals surface area contributed by atoms with Gasteiger partial charge in [0.1, 0.15) is 12.4 Å². The summed E-state index contributed by atoms with van der Waals surface area (Å²) in [4.78, 5) is 7.49. The van der Waals surface area contributed by atoms with Gasteiger partial charge in [-0.15, -0.1) is 0 Å². The van der Waals surface area contributed by atoms with Crippen LogP contribution in [-0.4, -0.2) is 9.97 Å². The first-order valence-electron chi connectivity index (χ1n) is 9.90. The van der Waals surface area contributed by atoms with E-state index < -0.39 is 0 Å². The monoisotopic (exact) mass is 391 g/mol. The molecular formula is C26H21N3O. The Balaban J connectivity index is 1.53. The third kappa shape index (κ3) is 3.89. The van der Waals surface area contributed by atoms with Gasteiger partial charge in [0, 0.05) is 35.1 Å². The zero-order chi connectivity index (χ0) is 20.2. The van der Waals surface area contributed by atoms with Crippen LogP contribution < -0.4 is 10.1 Å². The van der Waals surface area contributed by atoms with Crippen molar-refractivity contribution in [2.45, 2.75) is 6.61 Å². The molecule has 0 saturated heterocycles. The molecule has 0 radical (unpaired) electrons. The molecule has 2 N–H and O–H groups in total. The van der Waals surface area contributed by atoms with Crippen LogP contribution >= 0.6 is 0 Å². The van der Waals surface area contributed by atoms with Crippen molar-refractivity contribution in [1.29, 1.82) is 0 Å². The van der Waals surface area contributed by atoms with Crippen molar-refractivity contribution in [2.75, 3.05) is 5.32 Å². The highest BCUT2D eigenvalue weighted by molar-refractivity contribution is 5.96. The summed E-state index contributed by atoms with van der Waals surface area (Å²) in [5, 5.41) is 4.63. The van der Waals surface area contributed by atoms with E-state index in [1.54, 1.807) is 6.20 Å². The maximum absolute atomic E-state index is 6.16. The summed E-state index contributed by atoms with van der Waals surface area (Å²) in [6, 6.07) is 28.8. The largest absolute Gasteiger partial charge is 0.489 e. The van der Waals surface area contributed by atoms with E-state index in [0.717, 1.165) is 39.3 Å². The summed E-state index contributed by atoms with van der Waals surface area (Å²) in [5.41, 5.74) is 6.40. The summed E-state index contributed by atoms with van der Waals surface area (Å²) >= 11 is 0. The molecular weight excluding hydrogens is 370 g/mol. The maximum Gasteiger partial charge on any atom is 0.122 e. The number of aromatic nitrogens is 2. The standard InChI is InChI=1S/C26H21N3O/c1-2-6-19(7-3-1)18-30-23-15-20(24-9-4-10-26-25(24)11-13-28-26)14-22(16-23)29-21-8-5-12-27-17-21/h1-17,28-29H,18H2. The molecule has 3 aromatic carbocycles. The van der Waals surface area contributed by atoms with Gasteiger partial charge in [0.25, 0.3) is 0 Å². The van der Waals surface area contributed by atoms with Crippen LogP contribution in [0.5, 0.6) is 5.75 Å². The average Bonchev–Trinajstić information content (AvgIpc) is 3.28. The molecule has 0 amide bonds. The minimum atomic E-state index is 0.519. The summed E-state index contributed by atoms with van der Waals surface area (Å²) in [6.45, 7) is 0.519. The Morgan fingerprint density at radius 2 is 1.77 bits per heavy atom. The van der Waals surface area contributed by atoms with E-state index >= 15 is 0 Å². The molecule has 0 unspecified atom stereocenters. The van der Waals surface area contributed by atoms with Crippen molar-refractivity contribution < 1.29 is 4.74 Å². The molecule has 146 valence electrons. The van der Waals surface area contributed by atoms with Crippen molar-refractivity contribution in [3.63, 3.8) is 0 Å². The summed E-state index contributed by atoms with van der Waals surface area (Å²) in [6.07, 6.45) is 5.55. The van der Waals surface area contributed by atoms with Crippen molar-refractivity contribution in [3.05, 3.63) is 109 Å². The topological polar surface area (TPSA) is 49.9 Å². The van der Waals surface area contributed by atoms with Gasteiger partial charge >= 0.3 is 0 Å². The smallest absolute Gasteiger partial charge is 0.122 e. The Bertz CT molecular complexity index is 1260. The van der Waals surface area contributed by atoms with Crippen LogP contribution in [0.1, 0.15) is 5.56 Å². The molecule has 0 bridgehead atoms. The Morgan fingerprint density at radius 1 is 0.833 bits per heavy atom. The molecule has 4 nitrogen and oxygen atoms in total. The third-order valence-electron chi connectivity index (χ3n) is 5.01. The Labute approximate surface area is 175 Å². The van der Waals surface area contributed by atoms with Crippen LogP contribution in [0, 0.1) is 0 Å². The number of fused-ring (bicyclic) bond motifs is 1. The van der Waals surface area contributed by atoms with Crippen molar-refractivity contribution in [3.8, 4) is 16.9 Å². The number of hydrogen-bond donors (Lipinski definition) is 2. The third-order valence-corrected chi connectivity index (χ3v) is 5.01. The van der Waals surface area contributed by atoms with Gasteiger partial charge in [-0.3, -0.25) is 4.98 Å². The lowest BCUT2D eigenvalue weighted by atomic mass is 10.0. The van der Waals surface area contributed by atoms with Crippen LogP contribution in [0.15, 0.2) is 104 Å². The van der Waals surface area contributed by atoms with Crippen LogP contribution in [0.4, 0.5) is 11.4 Å². The summed E-state index contributed by atoms with van der Waals surface area (Å²) in [7, 11) is 0. The van der Waals surface area contributed by atoms with Crippen molar-refractivity contribution in [2.24, 2.45) is 0 Å². The van der Waals surface area contributed by atoms with E-state index in [2.05, 4.69) is 63.8 Å². The van der Waals surface area contributed by atoms with Crippen LogP contribution in [-0.2, 0) is 6.61 Å². The van der Waals surface area contributed by atoms with E-state index in [9.17, 15) is 0 Å². The number of nitrogens with one attached hydrogen (secondary N) is 2. The quantitative estimate of drug-likeness (QED) is 0.345. The molecule has 0 aliphatic rings. The summed E-state index contributed by atoms with van der Waals surface area (Å²) in [5.74, 6) is 0.815. The number of pyridine rings is 1. The number of anilines is 2. The Kier molecular flexibility index (Phi) is 4.88. The Morgan fingerprint density at radius 3 is 2.63 bits per heavy atom. The lowest BCUT2D eigenvalue weighted by molar-refractivity contribution is 0.306. The minimum absolute atomic E-state index is 0.519. The van der Waals surface area contributed by atoms with Gasteiger partial charge in [-0.1, -0.05) is 42.5 Å². The highest BCUT2D eigenvalue weighted by Crippen LogP contribution is 2.34. The van der Waals surface area contributed by atoms with E-state index in [-0.39, 0.29) is 0 Å². The molecule has 0 aliphatic heterocycles. The first-order chi connectivity index (χ1) is 14.8. The molecule has 5 aromatic rings. The van der Waals surface area contributed by atoms with Gasteiger partial charge in [0.05, 0.1) is 11.9 Å². The molecule has 2 aromatic heterocycles. The van der Waals surface area contributed by atoms with Gasteiger partial charge in [-0.25, -0.2) is 0 Å². The fraction of sp³-hybridized carbons (Fsp3) is 0.0385. The number of nitrogens with zero attached hydrogens (tertiary/aromatic N) is 1. The zero-order valence-corrected chi connectivity index (χ0v) is 16.4. The van der Waals surface area contributed by atoms with Gasteiger partial charge in [-0.05, 0) is 53.1 Å². The average molecular weight is 391 g/mol. The SMILES string of the molecule is c1ccc(COc2cc(Nc3cccnc3)cc(-c3cccc4[nH]ccc34)c2)cc1. The zero-order valence-electron chi connectivity index (χ0n) is 16.4. The molecule has 0 fully saturated rings. The Hall–Kier alpha value is -4.05. The van der Waals surface area contributed by atoms with Gasteiger partial charge in [-0.2, -0.15) is 0 Å². The second-order valence-electron chi connectivity index (χ2n) is 7.13. The van der Waals surface area contributed by atoms with Gasteiger partial charge in [0.2, 0.25) is 0 Å². The van der Waals surface area contributed by atoms with E-state index in [1.165, 1.54) is 5.39 Å². The first kappa shape index (κ1) is 18.0. The molecule has 30 heavy (non-hydrogen) atoms. The number of rotatable bonds is 6. The lowest BCUT2D eigenvalue weighted by Crippen LogP contribution is -1.97. The van der Waals surface area contributed by atoms with E-state index in [1.807, 2.05) is 48.8 Å². The summed E-state index contributed by atoms with van der Waals surface area (Å²) < 4.78 is 6.16. The molecule has 2 heterocycles. The fourth-order valence-corrected chi connectivity index (χ4v) is 3.59. The normalized spacial score (nSPS) is 10.8. The molecule has 0 atom stereocenters. The predicted molar refractivity (Wildman–Crippen MR) is 122 cm³/mol. The minimum Gasteiger partial charge on any atom is -0.489 e. The second-order valence-corrected chi connectivity index (χ2v) is 7.13. The van der Waals surface area contributed by atoms with Crippen molar-refractivity contribution >= 4 is 22.3 Å². The molecule has 0 saturated carbocycles. The van der Waals surface area contributed by atoms with Gasteiger partial charge in [0.15, 0.2) is 0 Å². The molecule has 0 aliphatic carbocycles. The van der Waals surface area contributed by atoms with Gasteiger partial charge < -0.3 is 15.0 Å².